The van der Waals surface area contributed by atoms with E-state index in [-0.39, 0.29) is 16.5 Å². The first kappa shape index (κ1) is 18.3. The van der Waals surface area contributed by atoms with Crippen LogP contribution in [0.4, 0.5) is 14.9 Å². The molecule has 1 saturated carbocycles. The number of carbonyl (C=O) groups excluding carboxylic acids is 1. The fourth-order valence-corrected chi connectivity index (χ4v) is 3.06. The van der Waals surface area contributed by atoms with Crippen molar-refractivity contribution in [1.82, 2.24) is 5.32 Å². The maximum Gasteiger partial charge on any atom is 0.319 e. The monoisotopic (exact) mass is 378 g/mol. The Balaban J connectivity index is 1.63. The number of hydrogen-bond donors (Lipinski definition) is 2. The molecule has 0 saturated heterocycles. The van der Waals surface area contributed by atoms with E-state index in [4.69, 9.17) is 21.1 Å². The van der Waals surface area contributed by atoms with Crippen LogP contribution in [0.15, 0.2) is 36.4 Å². The van der Waals surface area contributed by atoms with E-state index in [9.17, 15) is 9.18 Å². The zero-order valence-corrected chi connectivity index (χ0v) is 15.3. The summed E-state index contributed by atoms with van der Waals surface area (Å²) in [6.07, 6.45) is 1.95. The number of anilines is 1. The quantitative estimate of drug-likeness (QED) is 0.785. The van der Waals surface area contributed by atoms with Crippen molar-refractivity contribution in [3.8, 4) is 11.5 Å². The van der Waals surface area contributed by atoms with Crippen molar-refractivity contribution in [2.24, 2.45) is 0 Å². The number of halogens is 2. The molecule has 0 aliphatic heterocycles. The lowest BCUT2D eigenvalue weighted by Crippen LogP contribution is -2.35. The Bertz CT molecular complexity index is 824. The number of nitrogens with one attached hydrogen (secondary N) is 2. The third-order valence-electron chi connectivity index (χ3n) is 4.61. The lowest BCUT2D eigenvalue weighted by Gasteiger charge is -2.19. The van der Waals surface area contributed by atoms with Crippen LogP contribution >= 0.6 is 11.6 Å². The highest BCUT2D eigenvalue weighted by Gasteiger charge is 2.44. The fraction of sp³-hybridized carbons (Fsp3) is 0.316. The molecule has 2 N–H and O–H groups in total. The highest BCUT2D eigenvalue weighted by atomic mass is 35.5. The zero-order chi connectivity index (χ0) is 18.7. The normalized spacial score (nSPS) is 14.5. The Morgan fingerprint density at radius 1 is 1.15 bits per heavy atom. The molecule has 0 aromatic heterocycles. The number of benzene rings is 2. The maximum atomic E-state index is 13.2. The summed E-state index contributed by atoms with van der Waals surface area (Å²) >= 11 is 5.72. The molecule has 3 rings (SSSR count). The highest BCUT2D eigenvalue weighted by Crippen LogP contribution is 2.49. The van der Waals surface area contributed by atoms with Crippen LogP contribution in [-0.2, 0) is 5.41 Å². The molecule has 1 fully saturated rings. The van der Waals surface area contributed by atoms with Crippen molar-refractivity contribution in [2.45, 2.75) is 18.3 Å². The van der Waals surface area contributed by atoms with Gasteiger partial charge in [0.15, 0.2) is 11.5 Å². The van der Waals surface area contributed by atoms with Gasteiger partial charge in [0.2, 0.25) is 0 Å². The van der Waals surface area contributed by atoms with E-state index in [0.717, 1.165) is 18.4 Å². The molecule has 0 heterocycles. The average Bonchev–Trinajstić information content (AvgIpc) is 3.44. The molecule has 0 atom stereocenters. The van der Waals surface area contributed by atoms with Crippen LogP contribution in [-0.4, -0.2) is 26.8 Å². The summed E-state index contributed by atoms with van der Waals surface area (Å²) < 4.78 is 23.8. The number of rotatable bonds is 6. The van der Waals surface area contributed by atoms with Gasteiger partial charge < -0.3 is 20.1 Å². The van der Waals surface area contributed by atoms with Crippen LogP contribution in [0.25, 0.3) is 0 Å². The lowest BCUT2D eigenvalue weighted by atomic mass is 9.95. The number of amides is 2. The molecular weight excluding hydrogens is 359 g/mol. The third kappa shape index (κ3) is 3.85. The molecule has 0 radical (unpaired) electrons. The van der Waals surface area contributed by atoms with Gasteiger partial charge in [0.1, 0.15) is 5.82 Å². The van der Waals surface area contributed by atoms with Gasteiger partial charge in [-0.2, -0.15) is 0 Å². The maximum absolute atomic E-state index is 13.2. The molecule has 1 aliphatic rings. The van der Waals surface area contributed by atoms with Crippen molar-refractivity contribution in [2.75, 3.05) is 26.1 Å². The molecular formula is C19H20ClFN2O3. The molecule has 26 heavy (non-hydrogen) atoms. The molecule has 1 aliphatic carbocycles. The molecule has 2 amide bonds. The largest absolute Gasteiger partial charge is 0.493 e. The lowest BCUT2D eigenvalue weighted by molar-refractivity contribution is 0.251. The van der Waals surface area contributed by atoms with Gasteiger partial charge in [-0.05, 0) is 48.7 Å². The van der Waals surface area contributed by atoms with Crippen LogP contribution in [0.5, 0.6) is 11.5 Å². The van der Waals surface area contributed by atoms with Gasteiger partial charge >= 0.3 is 6.03 Å². The van der Waals surface area contributed by atoms with Crippen molar-refractivity contribution in [3.05, 3.63) is 52.8 Å². The van der Waals surface area contributed by atoms with Crippen LogP contribution < -0.4 is 20.1 Å². The van der Waals surface area contributed by atoms with E-state index in [0.29, 0.717) is 23.7 Å². The summed E-state index contributed by atoms with van der Waals surface area (Å²) in [5.41, 5.74) is 1.43. The van der Waals surface area contributed by atoms with E-state index >= 15 is 0 Å². The number of hydrogen-bond acceptors (Lipinski definition) is 3. The number of methoxy groups -OCH3 is 2. The first-order chi connectivity index (χ1) is 12.5. The average molecular weight is 379 g/mol. The predicted octanol–water partition coefficient (Wildman–Crippen LogP) is 4.35. The number of urea groups is 1. The smallest absolute Gasteiger partial charge is 0.319 e. The molecule has 0 unspecified atom stereocenters. The second-order valence-electron chi connectivity index (χ2n) is 6.29. The van der Waals surface area contributed by atoms with Crippen molar-refractivity contribution in [1.29, 1.82) is 0 Å². The summed E-state index contributed by atoms with van der Waals surface area (Å²) in [6.45, 7) is 0.489. The van der Waals surface area contributed by atoms with Crippen molar-refractivity contribution >= 4 is 23.3 Å². The minimum atomic E-state index is -0.525. The highest BCUT2D eigenvalue weighted by molar-refractivity contribution is 6.31. The molecule has 0 bridgehead atoms. The first-order valence-electron chi connectivity index (χ1n) is 8.20. The Morgan fingerprint density at radius 2 is 1.88 bits per heavy atom. The van der Waals surface area contributed by atoms with E-state index < -0.39 is 5.82 Å². The van der Waals surface area contributed by atoms with Crippen LogP contribution in [0.2, 0.25) is 5.02 Å². The van der Waals surface area contributed by atoms with E-state index in [1.807, 2.05) is 18.2 Å². The summed E-state index contributed by atoms with van der Waals surface area (Å²) in [5, 5.41) is 5.49. The van der Waals surface area contributed by atoms with Crippen LogP contribution in [0, 0.1) is 5.82 Å². The third-order valence-corrected chi connectivity index (χ3v) is 4.90. The van der Waals surface area contributed by atoms with Gasteiger partial charge in [-0.1, -0.05) is 17.7 Å². The number of ether oxygens (including phenoxy) is 2. The second kappa shape index (κ2) is 7.41. The van der Waals surface area contributed by atoms with Gasteiger partial charge in [-0.25, -0.2) is 9.18 Å². The van der Waals surface area contributed by atoms with Gasteiger partial charge in [0.05, 0.1) is 19.2 Å². The molecule has 7 heteroatoms. The van der Waals surface area contributed by atoms with Crippen molar-refractivity contribution < 1.29 is 18.7 Å². The molecule has 0 spiro atoms. The Morgan fingerprint density at radius 3 is 2.50 bits per heavy atom. The first-order valence-corrected chi connectivity index (χ1v) is 8.58. The van der Waals surface area contributed by atoms with E-state index in [2.05, 4.69) is 10.6 Å². The number of carbonyl (C=O) groups is 1. The predicted molar refractivity (Wildman–Crippen MR) is 98.9 cm³/mol. The fourth-order valence-electron chi connectivity index (χ4n) is 2.88. The van der Waals surface area contributed by atoms with Gasteiger partial charge in [0.25, 0.3) is 0 Å². The summed E-state index contributed by atoms with van der Waals surface area (Å²) in [5.74, 6) is 0.815. The summed E-state index contributed by atoms with van der Waals surface area (Å²) in [7, 11) is 3.19. The van der Waals surface area contributed by atoms with Gasteiger partial charge in [-0.3, -0.25) is 0 Å². The van der Waals surface area contributed by atoms with Gasteiger partial charge in [0, 0.05) is 17.6 Å². The zero-order valence-electron chi connectivity index (χ0n) is 14.6. The summed E-state index contributed by atoms with van der Waals surface area (Å²) in [6, 6.07) is 9.50. The molecule has 2 aromatic rings. The Kier molecular flexibility index (Phi) is 5.23. The van der Waals surface area contributed by atoms with E-state index in [1.54, 1.807) is 14.2 Å². The standard InChI is InChI=1S/C19H20ClFN2O3/c1-25-16-6-3-12(9-17(16)26-2)19(7-8-19)11-22-18(24)23-13-4-5-15(21)14(20)10-13/h3-6,9-10H,7-8,11H2,1-2H3,(H2,22,23,24). The molecule has 2 aromatic carbocycles. The molecule has 138 valence electrons. The minimum absolute atomic E-state index is 0.0354. The van der Waals surface area contributed by atoms with Crippen molar-refractivity contribution in [3.63, 3.8) is 0 Å². The Labute approximate surface area is 156 Å². The molecule has 5 nitrogen and oxygen atoms in total. The second-order valence-corrected chi connectivity index (χ2v) is 6.69. The SMILES string of the molecule is COc1ccc(C2(CNC(=O)Nc3ccc(F)c(Cl)c3)CC2)cc1OC. The topological polar surface area (TPSA) is 59.6 Å². The van der Waals surface area contributed by atoms with Crippen LogP contribution in [0.1, 0.15) is 18.4 Å². The van der Waals surface area contributed by atoms with Crippen LogP contribution in [0.3, 0.4) is 0 Å². The van der Waals surface area contributed by atoms with Gasteiger partial charge in [-0.15, -0.1) is 0 Å². The van der Waals surface area contributed by atoms with E-state index in [1.165, 1.54) is 18.2 Å². The Hall–Kier alpha value is -2.47. The minimum Gasteiger partial charge on any atom is -0.493 e. The summed E-state index contributed by atoms with van der Waals surface area (Å²) in [4.78, 5) is 12.1.